The monoisotopic (exact) mass is 2270 g/mol. The van der Waals surface area contributed by atoms with E-state index in [-0.39, 0.29) is 39.0 Å². The quantitative estimate of drug-likeness (QED) is 0.0431. The predicted molar refractivity (Wildman–Crippen MR) is 680 cm³/mol. The molecule has 19 rings (SSSR count). The van der Waals surface area contributed by atoms with Gasteiger partial charge < -0.3 is 30.9 Å². The van der Waals surface area contributed by atoms with Crippen LogP contribution in [0.3, 0.4) is 0 Å². The molecule has 7 heterocycles. The molecule has 0 amide bonds. The maximum absolute atomic E-state index is 12.6. The van der Waals surface area contributed by atoms with E-state index in [0.717, 1.165) is 244 Å². The fraction of sp³-hybridized carbons (Fsp3) is 0.184. The summed E-state index contributed by atoms with van der Waals surface area (Å²) in [5.41, 5.74) is 35.8. The molecule has 0 bridgehead atoms. The van der Waals surface area contributed by atoms with E-state index < -0.39 is 0 Å². The highest BCUT2D eigenvalue weighted by Crippen LogP contribution is 2.39. The number of aryl methyl sites for hydroxylation is 3. The van der Waals surface area contributed by atoms with Crippen LogP contribution in [0.2, 0.25) is 0 Å². The lowest BCUT2D eigenvalue weighted by atomic mass is 9.98. The summed E-state index contributed by atoms with van der Waals surface area (Å²) in [5, 5.41) is 6.55. The van der Waals surface area contributed by atoms with Gasteiger partial charge >= 0.3 is 28.1 Å². The first-order valence-electron chi connectivity index (χ1n) is 47.2. The molecule has 7 aromatic heterocycles. The third kappa shape index (κ3) is 29.1. The Morgan fingerprint density at radius 3 is 0.822 bits per heavy atom. The first kappa shape index (κ1) is 116. The highest BCUT2D eigenvalue weighted by Gasteiger charge is 2.21. The molecule has 0 aliphatic heterocycles. The van der Waals surface area contributed by atoms with E-state index in [1.54, 1.807) is 42.5 Å². The van der Waals surface area contributed by atoms with E-state index in [2.05, 4.69) is 306 Å². The molecule has 0 saturated heterocycles. The second-order valence-electron chi connectivity index (χ2n) is 34.6. The van der Waals surface area contributed by atoms with E-state index in [1.165, 1.54) is 61.2 Å². The maximum Gasteiger partial charge on any atom is 0.336 e. The van der Waals surface area contributed by atoms with Crippen molar-refractivity contribution in [2.75, 3.05) is 0 Å². The van der Waals surface area contributed by atoms with Gasteiger partial charge in [-0.25, -0.2) is 24.0 Å². The smallest absolute Gasteiger partial charge is 0.336 e. The van der Waals surface area contributed by atoms with Gasteiger partial charge in [0.15, 0.2) is 10.9 Å². The third-order valence-corrected chi connectivity index (χ3v) is 33.0. The van der Waals surface area contributed by atoms with Gasteiger partial charge in [0.2, 0.25) is 0 Å². The lowest BCUT2D eigenvalue weighted by molar-refractivity contribution is 0.557. The summed E-state index contributed by atoms with van der Waals surface area (Å²) in [6.45, 7) is 5.94. The van der Waals surface area contributed by atoms with Crippen LogP contribution in [-0.2, 0) is 111 Å². The average molecular weight is 2270 g/mol. The van der Waals surface area contributed by atoms with Crippen LogP contribution in [0.25, 0.3) is 133 Å². The summed E-state index contributed by atoms with van der Waals surface area (Å²) in [6, 6.07) is 81.6. The lowest BCUT2D eigenvalue weighted by Gasteiger charge is -2.11. The minimum absolute atomic E-state index is 0.0105. The first-order chi connectivity index (χ1) is 70.5. The fourth-order valence-corrected chi connectivity index (χ4v) is 22.4. The standard InChI is InChI=1S/2C18H19O2P3.3C18H18O2P2.2C12H15O2P3/c19-16-7-17(13-3-1-11(8-21)2-4-13)20-18-14(10-23)5-12(9-22)6-15(16)18;19-17-7-15(10-23)18-14(9-22)5-13(6-16(18)20-17)12-3-1-11(8-21)2-4-12;1-11-6-17(19)20-16-8-14(7-15(10-22)18(11)16)13-4-2-12(9-21)3-5-13;1-11-6-17(19)20-18-15(10-22)7-14(8-16(11)18)13-4-2-12(9-21)3-5-13;1-11-2-4-13(5-3-11)17-8-16(19)15-7-12(9-21)6-14(10-22)18(15)20-17;13-11-3-8(5-16)10-2-7(4-15)1-9(6-17)12(10)14-11;13-11-3-9(6-17)12-8(5-16)1-7(4-15)2-10(12)14-11/h2*1-7H,8-10,21-23H2;3*2-8H,9-10,21-22H2,1H3;2*1-3H,4-6,15-17H2. The molecular weight excluding hydrogens is 2150 g/mol. The Kier molecular flexibility index (Phi) is 44.4. The van der Waals surface area contributed by atoms with Gasteiger partial charge in [-0.1, -0.05) is 151 Å². The van der Waals surface area contributed by atoms with Crippen LogP contribution >= 0.6 is 166 Å². The Balaban J connectivity index is 0.000000143. The highest BCUT2D eigenvalue weighted by molar-refractivity contribution is 7.18. The zero-order valence-corrected chi connectivity index (χ0v) is 102. The van der Waals surface area contributed by atoms with Gasteiger partial charge in [0, 0.05) is 80.5 Å². The van der Waals surface area contributed by atoms with Gasteiger partial charge in [-0.05, 0) is 337 Å². The Bertz CT molecular complexity index is 8370. The molecular formula is C114H122O14P18. The van der Waals surface area contributed by atoms with Gasteiger partial charge in [0.25, 0.3) is 0 Å². The molecule has 0 radical (unpaired) electrons. The summed E-state index contributed by atoms with van der Waals surface area (Å²) in [5.74, 6) is 1.24. The van der Waals surface area contributed by atoms with Crippen molar-refractivity contribution in [1.82, 2.24) is 0 Å². The van der Waals surface area contributed by atoms with E-state index >= 15 is 0 Å². The predicted octanol–water partition coefficient (Wildman–Crippen LogP) is 28.6. The van der Waals surface area contributed by atoms with Gasteiger partial charge in [-0.2, -0.15) is 0 Å². The average Bonchev–Trinajstić information content (AvgIpc) is 0.822. The highest BCUT2D eigenvalue weighted by atomic mass is 31.0. The Labute approximate surface area is 892 Å². The SMILES string of the molecule is Cc1cc(=O)oc2c(CP)cc(-c3ccc(CP)cc3)cc12.Cc1cc(=O)oc2cc(-c3ccc(CP)cc3)cc(CP)c12.Cc1ccc(-c2cc(=O)c3cc(CP)cc(CP)c3o2)cc1.O=c1cc(-c2ccc(CP)cc2)oc2c(CP)cc(CP)cc12.O=c1cc(CP)c2c(CP)cc(-c3ccc(CP)cc3)cc2o1.O=c1cc(CP)c2c(CP)cc(CP)cc2o1.O=c1cc(CP)c2cc(CP)cc(CP)c2o1. The van der Waals surface area contributed by atoms with E-state index in [1.807, 2.05) is 87.5 Å². The van der Waals surface area contributed by atoms with Crippen molar-refractivity contribution in [1.29, 1.82) is 0 Å². The van der Waals surface area contributed by atoms with Crippen molar-refractivity contribution in [3.63, 3.8) is 0 Å². The van der Waals surface area contributed by atoms with Crippen molar-refractivity contribution in [3.05, 3.63) is 438 Å². The molecule has 32 heteroatoms. The molecule has 14 nitrogen and oxygen atoms in total. The largest absolute Gasteiger partial charge is 0.456 e. The fourth-order valence-electron chi connectivity index (χ4n) is 17.2. The molecule has 752 valence electrons. The van der Waals surface area contributed by atoms with E-state index in [4.69, 9.17) is 30.9 Å². The second kappa shape index (κ2) is 55.9. The molecule has 19 aromatic rings. The van der Waals surface area contributed by atoms with Crippen LogP contribution in [0.15, 0.2) is 313 Å². The van der Waals surface area contributed by atoms with Crippen LogP contribution < -0.4 is 39.0 Å². The normalized spacial score (nSPS) is 11.0. The summed E-state index contributed by atoms with van der Waals surface area (Å²) < 4.78 is 39.1. The summed E-state index contributed by atoms with van der Waals surface area (Å²) >= 11 is 0. The summed E-state index contributed by atoms with van der Waals surface area (Å²) in [4.78, 5) is 83.1. The maximum atomic E-state index is 12.6. The zero-order valence-electron chi connectivity index (χ0n) is 81.5. The van der Waals surface area contributed by atoms with E-state index in [0.29, 0.717) is 55.8 Å². The minimum Gasteiger partial charge on any atom is -0.456 e. The molecule has 12 aromatic carbocycles. The summed E-state index contributed by atoms with van der Waals surface area (Å²) in [6.07, 6.45) is 15.0. The van der Waals surface area contributed by atoms with Crippen molar-refractivity contribution >= 4 is 243 Å². The Morgan fingerprint density at radius 2 is 0.438 bits per heavy atom. The third-order valence-electron chi connectivity index (χ3n) is 24.8. The molecule has 0 aliphatic rings. The van der Waals surface area contributed by atoms with Crippen molar-refractivity contribution in [2.24, 2.45) is 0 Å². The number of hydrogen-bond acceptors (Lipinski definition) is 14. The summed E-state index contributed by atoms with van der Waals surface area (Å²) in [7, 11) is 48.8. The topological polar surface area (TPSA) is 211 Å². The Hall–Kier alpha value is -7.15. The molecule has 18 unspecified atom stereocenters. The van der Waals surface area contributed by atoms with Crippen molar-refractivity contribution in [2.45, 2.75) is 132 Å². The van der Waals surface area contributed by atoms with Crippen LogP contribution in [0.1, 0.15) is 117 Å². The van der Waals surface area contributed by atoms with Crippen LogP contribution in [0.5, 0.6) is 0 Å². The molecule has 0 aliphatic carbocycles. The van der Waals surface area contributed by atoms with Gasteiger partial charge in [0.05, 0.1) is 10.8 Å². The first-order valence-corrected chi connectivity index (χ1v) is 61.9. The molecule has 0 N–H and O–H groups in total. The lowest BCUT2D eigenvalue weighted by Crippen LogP contribution is -2.03. The van der Waals surface area contributed by atoms with Gasteiger partial charge in [-0.3, -0.25) is 9.59 Å². The second-order valence-corrected chi connectivity index (χ2v) is 41.9. The number of fused-ring (bicyclic) bond motifs is 7. The van der Waals surface area contributed by atoms with Crippen LogP contribution in [0, 0.1) is 20.8 Å². The van der Waals surface area contributed by atoms with Crippen LogP contribution in [0.4, 0.5) is 0 Å². The van der Waals surface area contributed by atoms with Gasteiger partial charge in [-0.15, -0.1) is 166 Å². The number of rotatable bonds is 23. The minimum atomic E-state index is -0.296. The Morgan fingerprint density at radius 1 is 0.178 bits per heavy atom. The molecule has 146 heavy (non-hydrogen) atoms. The van der Waals surface area contributed by atoms with E-state index in [9.17, 15) is 33.6 Å². The van der Waals surface area contributed by atoms with Gasteiger partial charge in [0.1, 0.15) is 50.6 Å². The molecule has 18 atom stereocenters. The van der Waals surface area contributed by atoms with Crippen LogP contribution in [-0.4, -0.2) is 0 Å². The molecule has 0 fully saturated rings. The molecule has 0 saturated carbocycles. The van der Waals surface area contributed by atoms with Crippen molar-refractivity contribution in [3.8, 4) is 56.0 Å². The zero-order chi connectivity index (χ0) is 105. The van der Waals surface area contributed by atoms with Crippen molar-refractivity contribution < 1.29 is 30.9 Å². The molecule has 0 spiro atoms. The number of hydrogen-bond donors (Lipinski definition) is 0. The number of benzene rings is 12.